The maximum Gasteiger partial charge on any atom is 0.271 e. The van der Waals surface area contributed by atoms with E-state index in [4.69, 9.17) is 4.74 Å². The zero-order valence-electron chi connectivity index (χ0n) is 15.2. The molecule has 0 aliphatic carbocycles. The largest absolute Gasteiger partial charge is 0.383 e. The third-order valence-electron chi connectivity index (χ3n) is 4.08. The van der Waals surface area contributed by atoms with E-state index < -0.39 is 0 Å². The van der Waals surface area contributed by atoms with Crippen LogP contribution in [0, 0.1) is 12.7 Å². The maximum absolute atomic E-state index is 13.1. The molecule has 0 aliphatic heterocycles. The first-order chi connectivity index (χ1) is 13.1. The van der Waals surface area contributed by atoms with E-state index in [2.05, 4.69) is 25.5 Å². The van der Waals surface area contributed by atoms with E-state index >= 15 is 0 Å². The van der Waals surface area contributed by atoms with E-state index in [1.54, 1.807) is 32.5 Å². The molecule has 2 aromatic heterocycles. The number of carbonyl (C=O) groups is 1. The molecule has 9 heteroatoms. The van der Waals surface area contributed by atoms with Crippen LogP contribution in [-0.2, 0) is 17.7 Å². The summed E-state index contributed by atoms with van der Waals surface area (Å²) in [4.78, 5) is 19.8. The minimum atomic E-state index is -0.321. The van der Waals surface area contributed by atoms with Crippen LogP contribution in [0.1, 0.15) is 22.0 Å². The van der Waals surface area contributed by atoms with Gasteiger partial charge in [-0.2, -0.15) is 0 Å². The molecule has 2 heterocycles. The van der Waals surface area contributed by atoms with Crippen LogP contribution in [0.25, 0.3) is 11.4 Å². The van der Waals surface area contributed by atoms with Crippen LogP contribution in [0.5, 0.6) is 0 Å². The second kappa shape index (κ2) is 8.54. The standard InChI is InChI=1S/C18H21FN6O2/c1-12-16(23-17(22-12)13-3-5-14(19)6-4-13)18(26)20-8-7-15-24-21-11-25(15)9-10-27-2/h3-6,11H,7-10H2,1-2H3,(H,20,26)(H,22,23). The molecule has 0 aliphatic rings. The topological polar surface area (TPSA) is 97.7 Å². The molecule has 142 valence electrons. The number of nitrogens with zero attached hydrogens (tertiary/aromatic N) is 4. The Labute approximate surface area is 155 Å². The molecule has 27 heavy (non-hydrogen) atoms. The van der Waals surface area contributed by atoms with Gasteiger partial charge in [-0.1, -0.05) is 0 Å². The van der Waals surface area contributed by atoms with Crippen molar-refractivity contribution in [1.82, 2.24) is 30.0 Å². The number of halogens is 1. The van der Waals surface area contributed by atoms with Crippen molar-refractivity contribution in [3.05, 3.63) is 53.6 Å². The van der Waals surface area contributed by atoms with Crippen molar-refractivity contribution in [2.45, 2.75) is 19.9 Å². The number of nitrogens with one attached hydrogen (secondary N) is 2. The summed E-state index contributed by atoms with van der Waals surface area (Å²) in [5, 5.41) is 10.8. The molecule has 8 nitrogen and oxygen atoms in total. The van der Waals surface area contributed by atoms with E-state index in [0.29, 0.717) is 48.9 Å². The Morgan fingerprint density at radius 2 is 2.11 bits per heavy atom. The van der Waals surface area contributed by atoms with Gasteiger partial charge in [0.1, 0.15) is 29.5 Å². The van der Waals surface area contributed by atoms with Crippen LogP contribution in [-0.4, -0.2) is 50.9 Å². The molecule has 0 saturated heterocycles. The normalized spacial score (nSPS) is 10.9. The summed E-state index contributed by atoms with van der Waals surface area (Å²) in [6, 6.07) is 5.93. The summed E-state index contributed by atoms with van der Waals surface area (Å²) < 4.78 is 20.0. The van der Waals surface area contributed by atoms with Crippen molar-refractivity contribution < 1.29 is 13.9 Å². The number of benzene rings is 1. The lowest BCUT2D eigenvalue weighted by Crippen LogP contribution is -2.27. The van der Waals surface area contributed by atoms with Crippen molar-refractivity contribution in [3.8, 4) is 11.4 Å². The maximum atomic E-state index is 13.1. The van der Waals surface area contributed by atoms with Gasteiger partial charge >= 0.3 is 0 Å². The summed E-state index contributed by atoms with van der Waals surface area (Å²) in [7, 11) is 1.64. The van der Waals surface area contributed by atoms with E-state index in [1.165, 1.54) is 12.1 Å². The number of hydrogen-bond donors (Lipinski definition) is 2. The predicted molar refractivity (Wildman–Crippen MR) is 96.7 cm³/mol. The lowest BCUT2D eigenvalue weighted by atomic mass is 10.2. The van der Waals surface area contributed by atoms with Crippen LogP contribution >= 0.6 is 0 Å². The van der Waals surface area contributed by atoms with Crippen LogP contribution in [0.4, 0.5) is 4.39 Å². The molecule has 0 radical (unpaired) electrons. The average molecular weight is 372 g/mol. The number of ether oxygens (including phenoxy) is 1. The van der Waals surface area contributed by atoms with Gasteiger partial charge in [0.15, 0.2) is 0 Å². The molecule has 0 bridgehead atoms. The highest BCUT2D eigenvalue weighted by molar-refractivity contribution is 5.94. The highest BCUT2D eigenvalue weighted by atomic mass is 19.1. The summed E-state index contributed by atoms with van der Waals surface area (Å²) in [6.45, 7) is 3.40. The molecule has 0 fully saturated rings. The van der Waals surface area contributed by atoms with Crippen molar-refractivity contribution >= 4 is 5.91 Å². The second-order valence-corrected chi connectivity index (χ2v) is 6.01. The highest BCUT2D eigenvalue weighted by Gasteiger charge is 2.16. The van der Waals surface area contributed by atoms with Gasteiger partial charge in [0.25, 0.3) is 5.91 Å². The van der Waals surface area contributed by atoms with Gasteiger partial charge in [-0.25, -0.2) is 9.37 Å². The first-order valence-corrected chi connectivity index (χ1v) is 8.55. The van der Waals surface area contributed by atoms with Gasteiger partial charge in [-0.05, 0) is 31.2 Å². The lowest BCUT2D eigenvalue weighted by Gasteiger charge is -2.06. The molecule has 0 unspecified atom stereocenters. The zero-order chi connectivity index (χ0) is 19.2. The molecular weight excluding hydrogens is 351 g/mol. The number of rotatable bonds is 8. The molecule has 2 N–H and O–H groups in total. The number of aryl methyl sites for hydroxylation is 1. The van der Waals surface area contributed by atoms with E-state index in [0.717, 1.165) is 5.82 Å². The molecule has 1 aromatic carbocycles. The number of imidazole rings is 1. The Morgan fingerprint density at radius 1 is 1.33 bits per heavy atom. The van der Waals surface area contributed by atoms with Gasteiger partial charge in [-0.3, -0.25) is 4.79 Å². The smallest absolute Gasteiger partial charge is 0.271 e. The van der Waals surface area contributed by atoms with E-state index in [1.807, 2.05) is 4.57 Å². The monoisotopic (exact) mass is 372 g/mol. The Hall–Kier alpha value is -3.07. The van der Waals surface area contributed by atoms with Crippen LogP contribution in [0.3, 0.4) is 0 Å². The summed E-state index contributed by atoms with van der Waals surface area (Å²) in [5.74, 6) is 0.702. The van der Waals surface area contributed by atoms with Crippen molar-refractivity contribution in [2.24, 2.45) is 0 Å². The van der Waals surface area contributed by atoms with Crippen molar-refractivity contribution in [3.63, 3.8) is 0 Å². The Morgan fingerprint density at radius 3 is 2.85 bits per heavy atom. The number of amides is 1. The number of hydrogen-bond acceptors (Lipinski definition) is 5. The highest BCUT2D eigenvalue weighted by Crippen LogP contribution is 2.18. The fourth-order valence-corrected chi connectivity index (χ4v) is 2.65. The van der Waals surface area contributed by atoms with Gasteiger partial charge in [0.05, 0.1) is 6.61 Å². The van der Waals surface area contributed by atoms with E-state index in [9.17, 15) is 9.18 Å². The van der Waals surface area contributed by atoms with Crippen LogP contribution < -0.4 is 5.32 Å². The minimum absolute atomic E-state index is 0.278. The van der Waals surface area contributed by atoms with Crippen LogP contribution in [0.2, 0.25) is 0 Å². The fourth-order valence-electron chi connectivity index (χ4n) is 2.65. The summed E-state index contributed by atoms with van der Waals surface area (Å²) >= 11 is 0. The zero-order valence-corrected chi connectivity index (χ0v) is 15.2. The molecular formula is C18H21FN6O2. The number of methoxy groups -OCH3 is 1. The first-order valence-electron chi connectivity index (χ1n) is 8.55. The number of carbonyl (C=O) groups excluding carboxylic acids is 1. The molecule has 1 amide bonds. The average Bonchev–Trinajstić information content (AvgIpc) is 3.27. The Kier molecular flexibility index (Phi) is 5.92. The van der Waals surface area contributed by atoms with Crippen molar-refractivity contribution in [1.29, 1.82) is 0 Å². The Bertz CT molecular complexity index is 903. The van der Waals surface area contributed by atoms with Gasteiger partial charge in [0, 0.05) is 37.9 Å². The van der Waals surface area contributed by atoms with Gasteiger partial charge in [-0.15, -0.1) is 10.2 Å². The third kappa shape index (κ3) is 4.56. The number of H-pyrrole nitrogens is 1. The lowest BCUT2D eigenvalue weighted by molar-refractivity contribution is 0.0948. The molecule has 3 rings (SSSR count). The predicted octanol–water partition coefficient (Wildman–Crippen LogP) is 1.73. The number of aromatic amines is 1. The van der Waals surface area contributed by atoms with Gasteiger partial charge < -0.3 is 19.6 Å². The Balaban J connectivity index is 1.60. The number of aromatic nitrogens is 5. The molecule has 0 atom stereocenters. The SMILES string of the molecule is COCCn1cnnc1CCNC(=O)c1nc(-c2ccc(F)cc2)[nH]c1C. The molecule has 0 spiro atoms. The van der Waals surface area contributed by atoms with Gasteiger partial charge in [0.2, 0.25) is 0 Å². The first kappa shape index (κ1) is 18.7. The fraction of sp³-hybridized carbons (Fsp3) is 0.333. The summed E-state index contributed by atoms with van der Waals surface area (Å²) in [5.41, 5.74) is 1.68. The molecule has 3 aromatic rings. The molecule has 0 saturated carbocycles. The summed E-state index contributed by atoms with van der Waals surface area (Å²) in [6.07, 6.45) is 2.19. The second-order valence-electron chi connectivity index (χ2n) is 6.01. The van der Waals surface area contributed by atoms with Crippen LogP contribution in [0.15, 0.2) is 30.6 Å². The quantitative estimate of drug-likeness (QED) is 0.628. The van der Waals surface area contributed by atoms with E-state index in [-0.39, 0.29) is 11.7 Å². The van der Waals surface area contributed by atoms with Crippen molar-refractivity contribution in [2.75, 3.05) is 20.3 Å². The minimum Gasteiger partial charge on any atom is -0.383 e. The third-order valence-corrected chi connectivity index (χ3v) is 4.08.